The summed E-state index contributed by atoms with van der Waals surface area (Å²) in [6, 6.07) is 0. The van der Waals surface area contributed by atoms with Crippen molar-refractivity contribution in [3.8, 4) is 0 Å². The second kappa shape index (κ2) is 4.33. The van der Waals surface area contributed by atoms with Crippen LogP contribution in [0.4, 0.5) is 0 Å². The van der Waals surface area contributed by atoms with E-state index in [-0.39, 0.29) is 5.91 Å². The molecule has 0 aromatic carbocycles. The highest BCUT2D eigenvalue weighted by atomic mass is 32.2. The zero-order valence-corrected chi connectivity index (χ0v) is 7.23. The minimum atomic E-state index is -0.245. The fraction of sp³-hybridized carbons (Fsp3) is 0.667. The number of amidine groups is 1. The van der Waals surface area contributed by atoms with Gasteiger partial charge in [0, 0.05) is 12.2 Å². The van der Waals surface area contributed by atoms with Crippen LogP contribution in [0.3, 0.4) is 0 Å². The van der Waals surface area contributed by atoms with Crippen LogP contribution in [0.2, 0.25) is 0 Å². The summed E-state index contributed by atoms with van der Waals surface area (Å²) in [5, 5.41) is 0.727. The molecule has 0 radical (unpaired) electrons. The van der Waals surface area contributed by atoms with E-state index in [4.69, 9.17) is 5.73 Å². The molecule has 0 fully saturated rings. The Balaban J connectivity index is 3.83. The number of nitrogens with two attached hydrogens (primary N) is 1. The molecule has 58 valence electrons. The molecule has 4 heteroatoms. The summed E-state index contributed by atoms with van der Waals surface area (Å²) in [6.07, 6.45) is 0. The van der Waals surface area contributed by atoms with Crippen molar-refractivity contribution in [1.29, 1.82) is 0 Å². The van der Waals surface area contributed by atoms with Gasteiger partial charge in [0.2, 0.25) is 5.91 Å². The summed E-state index contributed by atoms with van der Waals surface area (Å²) >= 11 is 1.39. The maximum Gasteiger partial charge on any atom is 0.244 e. The molecule has 0 heterocycles. The third-order valence-electron chi connectivity index (χ3n) is 0.624. The topological polar surface area (TPSA) is 55.5 Å². The summed E-state index contributed by atoms with van der Waals surface area (Å²) in [5.41, 5.74) is 5.37. The monoisotopic (exact) mass is 160 g/mol. The largest absolute Gasteiger partial charge is 0.378 e. The van der Waals surface area contributed by atoms with Gasteiger partial charge in [-0.25, -0.2) is 0 Å². The first-order valence-corrected chi connectivity index (χ1v) is 3.91. The van der Waals surface area contributed by atoms with E-state index in [9.17, 15) is 4.79 Å². The number of hydrogen-bond acceptors (Lipinski definition) is 2. The number of carbonyl (C=O) groups excluding carboxylic acids is 1. The highest BCUT2D eigenvalue weighted by Crippen LogP contribution is 2.07. The van der Waals surface area contributed by atoms with Gasteiger partial charge in [0.05, 0.1) is 0 Å². The first-order valence-electron chi connectivity index (χ1n) is 3.03. The molecule has 0 aliphatic rings. The van der Waals surface area contributed by atoms with Gasteiger partial charge >= 0.3 is 0 Å². The van der Waals surface area contributed by atoms with Crippen LogP contribution < -0.4 is 5.73 Å². The average Bonchev–Trinajstić information content (AvgIpc) is 1.58. The average molecular weight is 160 g/mol. The van der Waals surface area contributed by atoms with Crippen LogP contribution in [-0.2, 0) is 4.79 Å². The molecule has 0 bridgehead atoms. The van der Waals surface area contributed by atoms with Gasteiger partial charge in [0.15, 0.2) is 5.17 Å². The number of hydrogen-bond donors (Lipinski definition) is 1. The Bertz CT molecular complexity index is 154. The van der Waals surface area contributed by atoms with Crippen molar-refractivity contribution in [2.45, 2.75) is 26.0 Å². The van der Waals surface area contributed by atoms with Gasteiger partial charge in [-0.05, 0) is 0 Å². The number of aliphatic imine (C=N–C) groups is 1. The van der Waals surface area contributed by atoms with Gasteiger partial charge in [-0.3, -0.25) is 4.79 Å². The smallest absolute Gasteiger partial charge is 0.244 e. The van der Waals surface area contributed by atoms with Crippen LogP contribution in [0.15, 0.2) is 4.99 Å². The maximum atomic E-state index is 10.4. The summed E-state index contributed by atoms with van der Waals surface area (Å²) in [5.74, 6) is -0.245. The standard InChI is InChI=1S/C6H12N2OS/c1-4(2)10-6(7)8-5(3)9/h4H,1-3H3,(H2,7,8,9). The van der Waals surface area contributed by atoms with E-state index < -0.39 is 0 Å². The van der Waals surface area contributed by atoms with Crippen LogP contribution in [0, 0.1) is 0 Å². The lowest BCUT2D eigenvalue weighted by molar-refractivity contribution is -0.115. The molecular weight excluding hydrogens is 148 g/mol. The van der Waals surface area contributed by atoms with Crippen LogP contribution in [0.25, 0.3) is 0 Å². The lowest BCUT2D eigenvalue weighted by Crippen LogP contribution is -2.11. The van der Waals surface area contributed by atoms with Crippen molar-refractivity contribution >= 4 is 22.8 Å². The van der Waals surface area contributed by atoms with E-state index in [2.05, 4.69) is 4.99 Å². The Morgan fingerprint density at radius 1 is 1.60 bits per heavy atom. The molecule has 0 unspecified atom stereocenters. The number of thioether (sulfide) groups is 1. The zero-order chi connectivity index (χ0) is 8.15. The van der Waals surface area contributed by atoms with Crippen molar-refractivity contribution < 1.29 is 4.79 Å². The molecule has 1 amide bonds. The van der Waals surface area contributed by atoms with Crippen molar-refractivity contribution in [2.24, 2.45) is 10.7 Å². The minimum Gasteiger partial charge on any atom is -0.378 e. The van der Waals surface area contributed by atoms with Crippen LogP contribution >= 0.6 is 11.8 Å². The summed E-state index contributed by atoms with van der Waals surface area (Å²) in [7, 11) is 0. The van der Waals surface area contributed by atoms with E-state index in [0.717, 1.165) is 0 Å². The van der Waals surface area contributed by atoms with Gasteiger partial charge in [-0.2, -0.15) is 4.99 Å². The van der Waals surface area contributed by atoms with Gasteiger partial charge in [-0.15, -0.1) is 0 Å². The Morgan fingerprint density at radius 2 is 2.10 bits per heavy atom. The molecule has 0 aromatic rings. The van der Waals surface area contributed by atoms with Gasteiger partial charge in [-0.1, -0.05) is 25.6 Å². The Morgan fingerprint density at radius 3 is 2.40 bits per heavy atom. The molecule has 0 spiro atoms. The second-order valence-electron chi connectivity index (χ2n) is 2.14. The first-order chi connectivity index (χ1) is 4.52. The molecule has 0 saturated heterocycles. The van der Waals surface area contributed by atoms with E-state index in [0.29, 0.717) is 10.4 Å². The molecule has 0 atom stereocenters. The van der Waals surface area contributed by atoms with Gasteiger partial charge in [0.25, 0.3) is 0 Å². The Hall–Kier alpha value is -0.510. The molecule has 2 N–H and O–H groups in total. The van der Waals surface area contributed by atoms with Crippen molar-refractivity contribution in [3.63, 3.8) is 0 Å². The number of rotatable bonds is 1. The van der Waals surface area contributed by atoms with Crippen molar-refractivity contribution in [3.05, 3.63) is 0 Å². The van der Waals surface area contributed by atoms with Gasteiger partial charge in [0.1, 0.15) is 0 Å². The Kier molecular flexibility index (Phi) is 4.11. The van der Waals surface area contributed by atoms with Crippen LogP contribution in [-0.4, -0.2) is 16.3 Å². The van der Waals surface area contributed by atoms with E-state index in [1.165, 1.54) is 18.7 Å². The summed E-state index contributed by atoms with van der Waals surface area (Å²) in [4.78, 5) is 13.9. The SMILES string of the molecule is CC(=O)N=C(N)SC(C)C. The predicted molar refractivity (Wildman–Crippen MR) is 45.0 cm³/mol. The molecule has 0 aliphatic carbocycles. The highest BCUT2D eigenvalue weighted by molar-refractivity contribution is 8.14. The molecule has 3 nitrogen and oxygen atoms in total. The quantitative estimate of drug-likeness (QED) is 0.459. The zero-order valence-electron chi connectivity index (χ0n) is 6.42. The normalized spacial score (nSPS) is 12.2. The lowest BCUT2D eigenvalue weighted by atomic mass is 10.6. The molecule has 0 saturated carbocycles. The van der Waals surface area contributed by atoms with Gasteiger partial charge < -0.3 is 5.73 Å². The van der Waals surface area contributed by atoms with Crippen molar-refractivity contribution in [2.75, 3.05) is 0 Å². The highest BCUT2D eigenvalue weighted by Gasteiger charge is 1.98. The van der Waals surface area contributed by atoms with E-state index >= 15 is 0 Å². The maximum absolute atomic E-state index is 10.4. The Labute approximate surface area is 65.1 Å². The fourth-order valence-corrected chi connectivity index (χ4v) is 1.09. The third kappa shape index (κ3) is 5.62. The molecule has 0 rings (SSSR count). The number of carbonyl (C=O) groups is 1. The summed E-state index contributed by atoms with van der Waals surface area (Å²) < 4.78 is 0. The predicted octanol–water partition coefficient (Wildman–Crippen LogP) is 0.989. The first kappa shape index (κ1) is 9.49. The molecule has 0 aliphatic heterocycles. The molecule has 0 aromatic heterocycles. The summed E-state index contributed by atoms with van der Waals surface area (Å²) in [6.45, 7) is 5.37. The molecular formula is C6H12N2OS. The number of nitrogens with zero attached hydrogens (tertiary/aromatic N) is 1. The fourth-order valence-electron chi connectivity index (χ4n) is 0.423. The van der Waals surface area contributed by atoms with E-state index in [1.807, 2.05) is 13.8 Å². The second-order valence-corrected chi connectivity index (χ2v) is 3.73. The number of amides is 1. The van der Waals surface area contributed by atoms with Crippen molar-refractivity contribution in [1.82, 2.24) is 0 Å². The lowest BCUT2D eigenvalue weighted by Gasteiger charge is -2.00. The third-order valence-corrected chi connectivity index (χ3v) is 1.43. The van der Waals surface area contributed by atoms with Crippen LogP contribution in [0.1, 0.15) is 20.8 Å². The van der Waals surface area contributed by atoms with Crippen LogP contribution in [0.5, 0.6) is 0 Å². The molecule has 10 heavy (non-hydrogen) atoms. The minimum absolute atomic E-state index is 0.245. The van der Waals surface area contributed by atoms with E-state index in [1.54, 1.807) is 0 Å².